The van der Waals surface area contributed by atoms with Gasteiger partial charge < -0.3 is 0 Å². The lowest BCUT2D eigenvalue weighted by atomic mass is 10.1. The van der Waals surface area contributed by atoms with Gasteiger partial charge in [-0.25, -0.2) is 8.42 Å². The molecule has 1 amide bonds. The molecule has 98 valence electrons. The van der Waals surface area contributed by atoms with Crippen molar-refractivity contribution in [3.05, 3.63) is 33.8 Å². The monoisotopic (exact) mass is 307 g/mol. The van der Waals surface area contributed by atoms with Crippen molar-refractivity contribution in [2.75, 3.05) is 6.26 Å². The second-order valence-corrected chi connectivity index (χ2v) is 6.86. The van der Waals surface area contributed by atoms with Crippen molar-refractivity contribution in [3.8, 4) is 0 Å². The predicted octanol–water partition coefficient (Wildman–Crippen LogP) is 2.17. The summed E-state index contributed by atoms with van der Waals surface area (Å²) in [5.74, 6) is -0.896. The zero-order valence-electron chi connectivity index (χ0n) is 9.48. The standard InChI is InChI=1S/C11H11Cl2NO3S/c1-18(16,17)14-11(15)8-5-7(8)6-3-2-4-9(12)10(6)13/h2-4,7-8H,5H2,1H3,(H,14,15)/t7-,8+/m1/s1. The lowest BCUT2D eigenvalue weighted by molar-refractivity contribution is -0.120. The molecule has 0 radical (unpaired) electrons. The first-order chi connectivity index (χ1) is 8.29. The summed E-state index contributed by atoms with van der Waals surface area (Å²) in [6, 6.07) is 5.22. The fourth-order valence-electron chi connectivity index (χ4n) is 1.89. The molecule has 1 saturated carbocycles. The molecule has 1 aromatic rings. The number of benzene rings is 1. The summed E-state index contributed by atoms with van der Waals surface area (Å²) in [5.41, 5.74) is 0.790. The Morgan fingerprint density at radius 3 is 2.67 bits per heavy atom. The predicted molar refractivity (Wildman–Crippen MR) is 70.3 cm³/mol. The van der Waals surface area contributed by atoms with Crippen molar-refractivity contribution in [1.29, 1.82) is 0 Å². The molecule has 0 bridgehead atoms. The molecule has 0 spiro atoms. The smallest absolute Gasteiger partial charge is 0.237 e. The van der Waals surface area contributed by atoms with Crippen molar-refractivity contribution in [2.45, 2.75) is 12.3 Å². The Balaban J connectivity index is 2.12. The third-order valence-electron chi connectivity index (χ3n) is 2.79. The van der Waals surface area contributed by atoms with Gasteiger partial charge in [-0.15, -0.1) is 0 Å². The third-order valence-corrected chi connectivity index (χ3v) is 4.20. The molecule has 0 heterocycles. The minimum atomic E-state index is -3.51. The Kier molecular flexibility index (Phi) is 3.58. The average Bonchev–Trinajstić information content (AvgIpc) is 2.99. The average molecular weight is 308 g/mol. The molecule has 1 N–H and O–H groups in total. The van der Waals surface area contributed by atoms with E-state index >= 15 is 0 Å². The summed E-state index contributed by atoms with van der Waals surface area (Å²) in [6.45, 7) is 0. The minimum absolute atomic E-state index is 0.0575. The zero-order chi connectivity index (χ0) is 13.5. The highest BCUT2D eigenvalue weighted by Crippen LogP contribution is 2.50. The van der Waals surface area contributed by atoms with Gasteiger partial charge in [0.25, 0.3) is 0 Å². The Bertz CT molecular complexity index is 600. The number of hydrogen-bond donors (Lipinski definition) is 1. The summed E-state index contributed by atoms with van der Waals surface area (Å²) < 4.78 is 23.9. The van der Waals surface area contributed by atoms with Crippen LogP contribution in [0, 0.1) is 5.92 Å². The lowest BCUT2D eigenvalue weighted by Crippen LogP contribution is -2.30. The first-order valence-electron chi connectivity index (χ1n) is 5.25. The molecule has 0 saturated heterocycles. The van der Waals surface area contributed by atoms with Crippen LogP contribution in [-0.2, 0) is 14.8 Å². The molecule has 1 aliphatic carbocycles. The molecule has 7 heteroatoms. The second-order valence-electron chi connectivity index (χ2n) is 4.33. The van der Waals surface area contributed by atoms with Crippen LogP contribution in [0.15, 0.2) is 18.2 Å². The van der Waals surface area contributed by atoms with E-state index in [0.29, 0.717) is 16.5 Å². The van der Waals surface area contributed by atoms with E-state index in [2.05, 4.69) is 0 Å². The van der Waals surface area contributed by atoms with Gasteiger partial charge in [-0.05, 0) is 24.0 Å². The fourth-order valence-corrected chi connectivity index (χ4v) is 2.86. The zero-order valence-corrected chi connectivity index (χ0v) is 11.8. The summed E-state index contributed by atoms with van der Waals surface area (Å²) >= 11 is 11.9. The highest BCUT2D eigenvalue weighted by Gasteiger charge is 2.45. The highest BCUT2D eigenvalue weighted by atomic mass is 35.5. The SMILES string of the molecule is CS(=O)(=O)NC(=O)[C@H]1C[C@@H]1c1cccc(Cl)c1Cl. The van der Waals surface area contributed by atoms with E-state index in [4.69, 9.17) is 23.2 Å². The second kappa shape index (κ2) is 4.72. The molecule has 0 aliphatic heterocycles. The van der Waals surface area contributed by atoms with Gasteiger partial charge in [0, 0.05) is 5.92 Å². The molecule has 1 fully saturated rings. The van der Waals surface area contributed by atoms with Gasteiger partial charge in [-0.1, -0.05) is 35.3 Å². The molecule has 2 rings (SSSR count). The Morgan fingerprint density at radius 2 is 2.06 bits per heavy atom. The molecule has 0 aromatic heterocycles. The van der Waals surface area contributed by atoms with Crippen LogP contribution in [0.2, 0.25) is 10.0 Å². The first-order valence-corrected chi connectivity index (χ1v) is 7.90. The van der Waals surface area contributed by atoms with E-state index in [1.165, 1.54) is 0 Å². The molecule has 4 nitrogen and oxygen atoms in total. The van der Waals surface area contributed by atoms with Gasteiger partial charge in [-0.3, -0.25) is 9.52 Å². The summed E-state index contributed by atoms with van der Waals surface area (Å²) in [7, 11) is -3.51. The van der Waals surface area contributed by atoms with E-state index in [1.807, 2.05) is 4.72 Å². The number of sulfonamides is 1. The number of amides is 1. The molecule has 2 atom stereocenters. The summed E-state index contributed by atoms with van der Waals surface area (Å²) in [4.78, 5) is 11.6. The van der Waals surface area contributed by atoms with Gasteiger partial charge in [-0.2, -0.15) is 0 Å². The molecule has 1 aliphatic rings. The summed E-state index contributed by atoms with van der Waals surface area (Å²) in [5, 5.41) is 0.863. The van der Waals surface area contributed by atoms with Gasteiger partial charge in [0.05, 0.1) is 16.3 Å². The normalized spacial score (nSPS) is 22.6. The largest absolute Gasteiger partial charge is 0.274 e. The van der Waals surface area contributed by atoms with Crippen LogP contribution >= 0.6 is 23.2 Å². The van der Waals surface area contributed by atoms with Crippen molar-refractivity contribution in [2.24, 2.45) is 5.92 Å². The maximum Gasteiger partial charge on any atom is 0.237 e. The Labute approximate surface area is 115 Å². The lowest BCUT2D eigenvalue weighted by Gasteiger charge is -2.05. The number of carbonyl (C=O) groups excluding carboxylic acids is 1. The van der Waals surface area contributed by atoms with Crippen molar-refractivity contribution in [3.63, 3.8) is 0 Å². The van der Waals surface area contributed by atoms with E-state index in [9.17, 15) is 13.2 Å². The van der Waals surface area contributed by atoms with Crippen LogP contribution in [-0.4, -0.2) is 20.6 Å². The van der Waals surface area contributed by atoms with Gasteiger partial charge in [0.2, 0.25) is 15.9 Å². The number of rotatable bonds is 3. The maximum absolute atomic E-state index is 11.6. The van der Waals surface area contributed by atoms with Gasteiger partial charge in [0.15, 0.2) is 0 Å². The van der Waals surface area contributed by atoms with E-state index < -0.39 is 15.9 Å². The third kappa shape index (κ3) is 2.96. The van der Waals surface area contributed by atoms with Crippen molar-refractivity contribution < 1.29 is 13.2 Å². The fraction of sp³-hybridized carbons (Fsp3) is 0.364. The minimum Gasteiger partial charge on any atom is -0.274 e. The van der Waals surface area contributed by atoms with Crippen LogP contribution in [0.3, 0.4) is 0 Å². The summed E-state index contributed by atoms with van der Waals surface area (Å²) in [6.07, 6.45) is 1.54. The van der Waals surface area contributed by atoms with Crippen LogP contribution < -0.4 is 4.72 Å². The molecular weight excluding hydrogens is 297 g/mol. The van der Waals surface area contributed by atoms with E-state index in [-0.39, 0.29) is 11.8 Å². The number of carbonyl (C=O) groups is 1. The molecule has 1 aromatic carbocycles. The Morgan fingerprint density at radius 1 is 1.39 bits per heavy atom. The van der Waals surface area contributed by atoms with E-state index in [0.717, 1.165) is 11.8 Å². The maximum atomic E-state index is 11.6. The van der Waals surface area contributed by atoms with Gasteiger partial charge >= 0.3 is 0 Å². The Hall–Kier alpha value is -0.780. The molecular formula is C11H11Cl2NO3S. The number of nitrogens with one attached hydrogen (secondary N) is 1. The quantitative estimate of drug-likeness (QED) is 0.931. The van der Waals surface area contributed by atoms with Crippen LogP contribution in [0.1, 0.15) is 17.9 Å². The van der Waals surface area contributed by atoms with Crippen LogP contribution in [0.5, 0.6) is 0 Å². The number of hydrogen-bond acceptors (Lipinski definition) is 3. The highest BCUT2D eigenvalue weighted by molar-refractivity contribution is 7.89. The van der Waals surface area contributed by atoms with Crippen molar-refractivity contribution >= 4 is 39.1 Å². The van der Waals surface area contributed by atoms with Crippen LogP contribution in [0.25, 0.3) is 0 Å². The first kappa shape index (κ1) is 13.6. The van der Waals surface area contributed by atoms with Gasteiger partial charge in [0.1, 0.15) is 0 Å². The molecule has 18 heavy (non-hydrogen) atoms. The van der Waals surface area contributed by atoms with Crippen LogP contribution in [0.4, 0.5) is 0 Å². The topological polar surface area (TPSA) is 63.2 Å². The number of halogens is 2. The molecule has 0 unspecified atom stereocenters. The van der Waals surface area contributed by atoms with E-state index in [1.54, 1.807) is 18.2 Å². The van der Waals surface area contributed by atoms with Crippen molar-refractivity contribution in [1.82, 2.24) is 4.72 Å².